The molecule has 0 aliphatic carbocycles. The number of nitrogens with two attached hydrogens (primary N) is 1. The Labute approximate surface area is 113 Å². The summed E-state index contributed by atoms with van der Waals surface area (Å²) in [4.78, 5) is 22.7. The highest BCUT2D eigenvalue weighted by Gasteiger charge is 2.26. The second-order valence-corrected chi connectivity index (χ2v) is 5.65. The SMILES string of the molecule is CC(C)(C)OC(=O)N[C@@H]1CC[C@@H](CC(=O)NN)OC1. The fourth-order valence-corrected chi connectivity index (χ4v) is 1.82. The van der Waals surface area contributed by atoms with Crippen molar-refractivity contribution in [2.24, 2.45) is 5.84 Å². The Morgan fingerprint density at radius 2 is 2.05 bits per heavy atom. The normalized spacial score (nSPS) is 23.6. The van der Waals surface area contributed by atoms with Gasteiger partial charge in [-0.05, 0) is 33.6 Å². The molecule has 1 saturated heterocycles. The Morgan fingerprint density at radius 3 is 2.53 bits per heavy atom. The van der Waals surface area contributed by atoms with Gasteiger partial charge in [-0.2, -0.15) is 0 Å². The van der Waals surface area contributed by atoms with Crippen LogP contribution in [0.3, 0.4) is 0 Å². The molecular formula is C12H23N3O4. The minimum Gasteiger partial charge on any atom is -0.444 e. The third kappa shape index (κ3) is 6.40. The lowest BCUT2D eigenvalue weighted by atomic mass is 10.0. The first-order valence-corrected chi connectivity index (χ1v) is 6.40. The number of carbonyl (C=O) groups is 2. The molecule has 1 fully saturated rings. The van der Waals surface area contributed by atoms with E-state index < -0.39 is 11.7 Å². The summed E-state index contributed by atoms with van der Waals surface area (Å²) in [6, 6.07) is -0.0768. The smallest absolute Gasteiger partial charge is 0.407 e. The monoisotopic (exact) mass is 273 g/mol. The van der Waals surface area contributed by atoms with Gasteiger partial charge in [0.15, 0.2) is 0 Å². The van der Waals surface area contributed by atoms with Crippen molar-refractivity contribution in [3.8, 4) is 0 Å². The number of hydrazine groups is 1. The molecule has 2 amide bonds. The minimum absolute atomic E-state index is 0.0768. The molecule has 1 aliphatic rings. The van der Waals surface area contributed by atoms with Gasteiger partial charge < -0.3 is 14.8 Å². The molecule has 0 aromatic rings. The molecule has 1 rings (SSSR count). The number of ether oxygens (including phenoxy) is 2. The number of alkyl carbamates (subject to hydrolysis) is 1. The van der Waals surface area contributed by atoms with Crippen molar-refractivity contribution >= 4 is 12.0 Å². The van der Waals surface area contributed by atoms with Crippen LogP contribution in [-0.2, 0) is 14.3 Å². The zero-order valence-corrected chi connectivity index (χ0v) is 11.7. The van der Waals surface area contributed by atoms with E-state index in [1.165, 1.54) is 0 Å². The highest BCUT2D eigenvalue weighted by Crippen LogP contribution is 2.17. The Balaban J connectivity index is 2.26. The van der Waals surface area contributed by atoms with Crippen molar-refractivity contribution in [3.05, 3.63) is 0 Å². The molecule has 110 valence electrons. The summed E-state index contributed by atoms with van der Waals surface area (Å²) in [5, 5.41) is 2.75. The molecule has 0 aromatic heterocycles. The molecule has 19 heavy (non-hydrogen) atoms. The largest absolute Gasteiger partial charge is 0.444 e. The van der Waals surface area contributed by atoms with Gasteiger partial charge in [0.05, 0.1) is 25.2 Å². The number of rotatable bonds is 3. The van der Waals surface area contributed by atoms with Gasteiger partial charge in [0.25, 0.3) is 0 Å². The highest BCUT2D eigenvalue weighted by atomic mass is 16.6. The average molecular weight is 273 g/mol. The lowest BCUT2D eigenvalue weighted by Gasteiger charge is -2.30. The van der Waals surface area contributed by atoms with Gasteiger partial charge in [-0.25, -0.2) is 10.6 Å². The molecule has 4 N–H and O–H groups in total. The van der Waals surface area contributed by atoms with Crippen LogP contribution in [0.1, 0.15) is 40.0 Å². The predicted molar refractivity (Wildman–Crippen MR) is 69.1 cm³/mol. The molecule has 2 atom stereocenters. The van der Waals surface area contributed by atoms with E-state index >= 15 is 0 Å². The van der Waals surface area contributed by atoms with Crippen LogP contribution in [0.2, 0.25) is 0 Å². The summed E-state index contributed by atoms with van der Waals surface area (Å²) in [6.45, 7) is 5.81. The van der Waals surface area contributed by atoms with Crippen LogP contribution < -0.4 is 16.6 Å². The van der Waals surface area contributed by atoms with Crippen molar-refractivity contribution in [3.63, 3.8) is 0 Å². The molecule has 0 aromatic carbocycles. The maximum atomic E-state index is 11.6. The highest BCUT2D eigenvalue weighted by molar-refractivity contribution is 5.75. The first-order valence-electron chi connectivity index (χ1n) is 6.40. The molecule has 0 saturated carbocycles. The van der Waals surface area contributed by atoms with Crippen LogP contribution in [0.15, 0.2) is 0 Å². The predicted octanol–water partition coefficient (Wildman–Crippen LogP) is 0.439. The fourth-order valence-electron chi connectivity index (χ4n) is 1.82. The average Bonchev–Trinajstić information content (AvgIpc) is 2.29. The Kier molecular flexibility index (Phi) is 5.56. The van der Waals surface area contributed by atoms with Gasteiger partial charge in [0.2, 0.25) is 5.91 Å². The molecule has 0 spiro atoms. The molecule has 0 radical (unpaired) electrons. The van der Waals surface area contributed by atoms with Crippen molar-refractivity contribution in [2.75, 3.05) is 6.61 Å². The zero-order chi connectivity index (χ0) is 14.5. The van der Waals surface area contributed by atoms with Crippen LogP contribution in [0.25, 0.3) is 0 Å². The van der Waals surface area contributed by atoms with Gasteiger partial charge in [-0.15, -0.1) is 0 Å². The molecule has 0 bridgehead atoms. The Bertz CT molecular complexity index is 319. The maximum absolute atomic E-state index is 11.6. The van der Waals surface area contributed by atoms with E-state index in [0.717, 1.165) is 6.42 Å². The van der Waals surface area contributed by atoms with Gasteiger partial charge >= 0.3 is 6.09 Å². The quantitative estimate of drug-likeness (QED) is 0.393. The number of amides is 2. The van der Waals surface area contributed by atoms with E-state index in [2.05, 4.69) is 10.7 Å². The van der Waals surface area contributed by atoms with Gasteiger partial charge in [0.1, 0.15) is 5.60 Å². The summed E-state index contributed by atoms with van der Waals surface area (Å²) >= 11 is 0. The molecule has 1 heterocycles. The minimum atomic E-state index is -0.513. The molecule has 7 heteroatoms. The number of nitrogens with one attached hydrogen (secondary N) is 2. The Morgan fingerprint density at radius 1 is 1.37 bits per heavy atom. The van der Waals surface area contributed by atoms with Crippen LogP contribution >= 0.6 is 0 Å². The van der Waals surface area contributed by atoms with Gasteiger partial charge in [-0.1, -0.05) is 0 Å². The molecular weight excluding hydrogens is 250 g/mol. The third-order valence-electron chi connectivity index (χ3n) is 2.67. The van der Waals surface area contributed by atoms with Crippen LogP contribution in [0, 0.1) is 0 Å². The van der Waals surface area contributed by atoms with E-state index in [9.17, 15) is 9.59 Å². The molecule has 0 unspecified atom stereocenters. The summed E-state index contributed by atoms with van der Waals surface area (Å²) in [5.41, 5.74) is 1.56. The lowest BCUT2D eigenvalue weighted by molar-refractivity contribution is -0.125. The molecule has 7 nitrogen and oxygen atoms in total. The second kappa shape index (κ2) is 6.72. The second-order valence-electron chi connectivity index (χ2n) is 5.65. The van der Waals surface area contributed by atoms with Gasteiger partial charge in [0, 0.05) is 0 Å². The summed E-state index contributed by atoms with van der Waals surface area (Å²) in [7, 11) is 0. The van der Waals surface area contributed by atoms with Crippen LogP contribution in [0.5, 0.6) is 0 Å². The number of hydrogen-bond donors (Lipinski definition) is 3. The summed E-state index contributed by atoms with van der Waals surface area (Å²) < 4.78 is 10.7. The van der Waals surface area contributed by atoms with E-state index in [4.69, 9.17) is 15.3 Å². The van der Waals surface area contributed by atoms with Crippen LogP contribution in [-0.4, -0.2) is 36.4 Å². The third-order valence-corrected chi connectivity index (χ3v) is 2.67. The van der Waals surface area contributed by atoms with Crippen molar-refractivity contribution in [2.45, 2.75) is 57.8 Å². The van der Waals surface area contributed by atoms with E-state index in [0.29, 0.717) is 13.0 Å². The standard InChI is InChI=1S/C12H23N3O4/c1-12(2,3)19-11(17)14-8-4-5-9(18-7-8)6-10(16)15-13/h8-9H,4-7,13H2,1-3H3,(H,14,17)(H,15,16)/t8-,9+/m1/s1. The summed E-state index contributed by atoms with van der Waals surface area (Å²) in [6.07, 6.45) is 1.12. The number of hydrogen-bond acceptors (Lipinski definition) is 5. The zero-order valence-electron chi connectivity index (χ0n) is 11.7. The Hall–Kier alpha value is -1.34. The topological polar surface area (TPSA) is 103 Å². The first kappa shape index (κ1) is 15.7. The van der Waals surface area contributed by atoms with E-state index in [1.807, 2.05) is 20.8 Å². The van der Waals surface area contributed by atoms with E-state index in [1.54, 1.807) is 0 Å². The maximum Gasteiger partial charge on any atom is 0.407 e. The van der Waals surface area contributed by atoms with E-state index in [-0.39, 0.29) is 24.5 Å². The fraction of sp³-hybridized carbons (Fsp3) is 0.833. The van der Waals surface area contributed by atoms with Crippen molar-refractivity contribution in [1.82, 2.24) is 10.7 Å². The van der Waals surface area contributed by atoms with Gasteiger partial charge in [-0.3, -0.25) is 10.2 Å². The van der Waals surface area contributed by atoms with Crippen molar-refractivity contribution < 1.29 is 19.1 Å². The van der Waals surface area contributed by atoms with Crippen molar-refractivity contribution in [1.29, 1.82) is 0 Å². The number of carbonyl (C=O) groups excluding carboxylic acids is 2. The molecule has 1 aliphatic heterocycles. The lowest BCUT2D eigenvalue weighted by Crippen LogP contribution is -2.45. The van der Waals surface area contributed by atoms with Crippen LogP contribution in [0.4, 0.5) is 4.79 Å². The summed E-state index contributed by atoms with van der Waals surface area (Å²) in [5.74, 6) is 4.77. The first-order chi connectivity index (χ1) is 8.80.